The third-order valence-corrected chi connectivity index (χ3v) is 5.34. The summed E-state index contributed by atoms with van der Waals surface area (Å²) >= 11 is 2.07. The van der Waals surface area contributed by atoms with Crippen LogP contribution in [0.1, 0.15) is 31.3 Å². The molecule has 3 N–H and O–H groups in total. The molecule has 2 amide bonds. The molecular weight excluding hydrogens is 448 g/mol. The molecule has 2 heterocycles. The van der Waals surface area contributed by atoms with Crippen LogP contribution in [0.15, 0.2) is 22.9 Å². The van der Waals surface area contributed by atoms with Gasteiger partial charge in [0.15, 0.2) is 27.5 Å². The average Bonchev–Trinajstić information content (AvgIpc) is 3.42. The van der Waals surface area contributed by atoms with Gasteiger partial charge in [-0.25, -0.2) is 14.8 Å². The number of rotatable bonds is 7. The first-order valence-corrected chi connectivity index (χ1v) is 10.2. The van der Waals surface area contributed by atoms with Crippen molar-refractivity contribution >= 4 is 50.7 Å². The summed E-state index contributed by atoms with van der Waals surface area (Å²) in [7, 11) is 4.03. The van der Waals surface area contributed by atoms with Gasteiger partial charge >= 0.3 is 5.97 Å². The number of esters is 1. The number of anilines is 2. The second-order valence-electron chi connectivity index (χ2n) is 5.70. The standard InChI is InChI=1S/C18H16N4O7S2/c1-27-12-4-8(11(23)5-13(12)28-2)14(24)21-17-19-9(6-30-17)15(25)22-18-20-10(7-31-18)16(26)29-3/h4-7,23H,1-3H3,(H,19,21,24)(H,20,22,25). The van der Waals surface area contributed by atoms with Crippen molar-refractivity contribution in [3.8, 4) is 17.2 Å². The summed E-state index contributed by atoms with van der Waals surface area (Å²) in [5, 5.41) is 18.3. The number of amides is 2. The molecule has 0 fully saturated rings. The van der Waals surface area contributed by atoms with E-state index in [2.05, 4.69) is 25.3 Å². The topological polar surface area (TPSA) is 149 Å². The van der Waals surface area contributed by atoms with Crippen LogP contribution in [0.4, 0.5) is 10.3 Å². The summed E-state index contributed by atoms with van der Waals surface area (Å²) < 4.78 is 14.8. The Kier molecular flexibility index (Phi) is 6.67. The minimum Gasteiger partial charge on any atom is -0.507 e. The number of hydrogen-bond acceptors (Lipinski definition) is 11. The van der Waals surface area contributed by atoms with E-state index in [1.54, 1.807) is 0 Å². The van der Waals surface area contributed by atoms with Crippen molar-refractivity contribution in [3.05, 3.63) is 39.8 Å². The van der Waals surface area contributed by atoms with Crippen LogP contribution in [0.25, 0.3) is 0 Å². The molecule has 0 saturated heterocycles. The highest BCUT2D eigenvalue weighted by molar-refractivity contribution is 7.14. The zero-order valence-electron chi connectivity index (χ0n) is 16.4. The van der Waals surface area contributed by atoms with Gasteiger partial charge < -0.3 is 19.3 Å². The molecule has 13 heteroatoms. The lowest BCUT2D eigenvalue weighted by atomic mass is 10.1. The number of thiazole rings is 2. The van der Waals surface area contributed by atoms with Crippen LogP contribution in [-0.2, 0) is 4.74 Å². The Labute approximate surface area is 183 Å². The molecular formula is C18H16N4O7S2. The van der Waals surface area contributed by atoms with E-state index >= 15 is 0 Å². The van der Waals surface area contributed by atoms with Crippen LogP contribution >= 0.6 is 22.7 Å². The van der Waals surface area contributed by atoms with Crippen molar-refractivity contribution in [2.75, 3.05) is 32.0 Å². The van der Waals surface area contributed by atoms with Crippen molar-refractivity contribution in [3.63, 3.8) is 0 Å². The first-order chi connectivity index (χ1) is 14.9. The summed E-state index contributed by atoms with van der Waals surface area (Å²) in [5.41, 5.74) is 0.0485. The van der Waals surface area contributed by atoms with E-state index in [1.165, 1.54) is 44.2 Å². The van der Waals surface area contributed by atoms with Crippen LogP contribution in [0.2, 0.25) is 0 Å². The fraction of sp³-hybridized carbons (Fsp3) is 0.167. The highest BCUT2D eigenvalue weighted by atomic mass is 32.1. The largest absolute Gasteiger partial charge is 0.507 e. The number of aromatic nitrogens is 2. The summed E-state index contributed by atoms with van der Waals surface area (Å²) in [4.78, 5) is 44.3. The van der Waals surface area contributed by atoms with Crippen LogP contribution in [0.3, 0.4) is 0 Å². The molecule has 0 unspecified atom stereocenters. The third kappa shape index (κ3) is 4.90. The van der Waals surface area contributed by atoms with Gasteiger partial charge in [-0.05, 0) is 0 Å². The number of aromatic hydroxyl groups is 1. The van der Waals surface area contributed by atoms with Gasteiger partial charge in [-0.2, -0.15) is 0 Å². The molecule has 1 aromatic carbocycles. The Morgan fingerprint density at radius 1 is 0.871 bits per heavy atom. The van der Waals surface area contributed by atoms with E-state index in [0.29, 0.717) is 0 Å². The summed E-state index contributed by atoms with van der Waals surface area (Å²) in [5.74, 6) is -1.62. The minimum atomic E-state index is -0.651. The smallest absolute Gasteiger partial charge is 0.357 e. The predicted octanol–water partition coefficient (Wildman–Crippen LogP) is 2.61. The van der Waals surface area contributed by atoms with E-state index in [-0.39, 0.29) is 44.5 Å². The van der Waals surface area contributed by atoms with Gasteiger partial charge in [-0.3, -0.25) is 20.2 Å². The molecule has 0 radical (unpaired) electrons. The fourth-order valence-corrected chi connectivity index (χ4v) is 3.70. The quantitative estimate of drug-likeness (QED) is 0.449. The molecule has 2 aromatic heterocycles. The predicted molar refractivity (Wildman–Crippen MR) is 113 cm³/mol. The molecule has 0 aliphatic rings. The highest BCUT2D eigenvalue weighted by Gasteiger charge is 2.20. The van der Waals surface area contributed by atoms with Gasteiger partial charge in [-0.1, -0.05) is 0 Å². The molecule has 3 aromatic rings. The zero-order chi connectivity index (χ0) is 22.5. The number of phenolic OH excluding ortho intramolecular Hbond substituents is 1. The van der Waals surface area contributed by atoms with Crippen molar-refractivity contribution in [1.29, 1.82) is 0 Å². The van der Waals surface area contributed by atoms with Crippen molar-refractivity contribution in [2.24, 2.45) is 0 Å². The van der Waals surface area contributed by atoms with Crippen molar-refractivity contribution < 1.29 is 33.7 Å². The van der Waals surface area contributed by atoms with E-state index in [0.717, 1.165) is 22.7 Å². The first-order valence-electron chi connectivity index (χ1n) is 8.43. The normalized spacial score (nSPS) is 10.3. The summed E-state index contributed by atoms with van der Waals surface area (Å²) in [6.45, 7) is 0. The lowest BCUT2D eigenvalue weighted by Gasteiger charge is -2.11. The maximum Gasteiger partial charge on any atom is 0.357 e. The number of benzene rings is 1. The zero-order valence-corrected chi connectivity index (χ0v) is 18.1. The molecule has 0 bridgehead atoms. The van der Waals surface area contributed by atoms with Crippen LogP contribution in [-0.4, -0.2) is 54.2 Å². The van der Waals surface area contributed by atoms with E-state index in [9.17, 15) is 19.5 Å². The number of nitrogens with zero attached hydrogens (tertiary/aromatic N) is 2. The molecule has 0 aliphatic heterocycles. The number of phenols is 1. The van der Waals surface area contributed by atoms with Crippen LogP contribution < -0.4 is 20.1 Å². The molecule has 0 saturated carbocycles. The SMILES string of the molecule is COC(=O)c1csc(NC(=O)c2csc(NC(=O)c3cc(OC)c(OC)cc3O)n2)n1. The average molecular weight is 464 g/mol. The molecule has 162 valence electrons. The van der Waals surface area contributed by atoms with Gasteiger partial charge in [0.1, 0.15) is 11.4 Å². The molecule has 3 rings (SSSR count). The molecule has 11 nitrogen and oxygen atoms in total. The number of carbonyl (C=O) groups is 3. The van der Waals surface area contributed by atoms with Crippen LogP contribution in [0, 0.1) is 0 Å². The minimum absolute atomic E-state index is 0.0339. The number of carbonyl (C=O) groups excluding carboxylic acids is 3. The van der Waals surface area contributed by atoms with Crippen LogP contribution in [0.5, 0.6) is 17.2 Å². The monoisotopic (exact) mass is 464 g/mol. The third-order valence-electron chi connectivity index (χ3n) is 3.82. The molecule has 0 spiro atoms. The Hall–Kier alpha value is -3.71. The fourth-order valence-electron chi connectivity index (χ4n) is 2.34. The Bertz CT molecular complexity index is 1140. The maximum atomic E-state index is 12.5. The van der Waals surface area contributed by atoms with E-state index < -0.39 is 17.8 Å². The number of ether oxygens (including phenoxy) is 3. The van der Waals surface area contributed by atoms with Gasteiger partial charge in [0.05, 0.1) is 26.9 Å². The number of methoxy groups -OCH3 is 3. The maximum absolute atomic E-state index is 12.5. The Balaban J connectivity index is 1.69. The lowest BCUT2D eigenvalue weighted by molar-refractivity contribution is 0.0594. The Morgan fingerprint density at radius 2 is 1.42 bits per heavy atom. The second kappa shape index (κ2) is 9.40. The van der Waals surface area contributed by atoms with Gasteiger partial charge in [0.25, 0.3) is 11.8 Å². The van der Waals surface area contributed by atoms with Crippen molar-refractivity contribution in [1.82, 2.24) is 9.97 Å². The molecule has 0 atom stereocenters. The number of hydrogen-bond donors (Lipinski definition) is 3. The molecule has 0 aliphatic carbocycles. The molecule has 31 heavy (non-hydrogen) atoms. The van der Waals surface area contributed by atoms with E-state index in [1.807, 2.05) is 0 Å². The van der Waals surface area contributed by atoms with Crippen molar-refractivity contribution in [2.45, 2.75) is 0 Å². The van der Waals surface area contributed by atoms with Gasteiger partial charge in [-0.15, -0.1) is 22.7 Å². The first kappa shape index (κ1) is 22.0. The highest BCUT2D eigenvalue weighted by Crippen LogP contribution is 2.34. The van der Waals surface area contributed by atoms with E-state index in [4.69, 9.17) is 9.47 Å². The summed E-state index contributed by atoms with van der Waals surface area (Å²) in [6, 6.07) is 2.58. The van der Waals surface area contributed by atoms with Gasteiger partial charge in [0.2, 0.25) is 0 Å². The summed E-state index contributed by atoms with van der Waals surface area (Å²) in [6.07, 6.45) is 0. The second-order valence-corrected chi connectivity index (χ2v) is 7.42. The van der Waals surface area contributed by atoms with Gasteiger partial charge in [0, 0.05) is 22.9 Å². The number of nitrogens with one attached hydrogen (secondary N) is 2. The Morgan fingerprint density at radius 3 is 2.03 bits per heavy atom. The lowest BCUT2D eigenvalue weighted by Crippen LogP contribution is -2.14.